The highest BCUT2D eigenvalue weighted by Crippen LogP contribution is 2.61. The highest BCUT2D eigenvalue weighted by Gasteiger charge is 2.60. The van der Waals surface area contributed by atoms with E-state index in [-0.39, 0.29) is 47.1 Å². The fourth-order valence-electron chi connectivity index (χ4n) is 6.33. The maximum atomic E-state index is 14.9. The predicted octanol–water partition coefficient (Wildman–Crippen LogP) is 6.13. The number of nitrogens with zero attached hydrogens (tertiary/aromatic N) is 1. The number of aliphatic carboxylic acids is 1. The minimum absolute atomic E-state index is 0.0150. The molecule has 1 aromatic heterocycles. The average molecular weight is 576 g/mol. The number of hydrogen-bond donors (Lipinski definition) is 2. The van der Waals surface area contributed by atoms with Crippen LogP contribution in [0.25, 0.3) is 11.1 Å². The lowest BCUT2D eigenvalue weighted by molar-refractivity contribution is -0.139. The zero-order valence-corrected chi connectivity index (χ0v) is 21.8. The summed E-state index contributed by atoms with van der Waals surface area (Å²) >= 11 is 0. The summed E-state index contributed by atoms with van der Waals surface area (Å²) in [6, 6.07) is 6.42. The van der Waals surface area contributed by atoms with Gasteiger partial charge in [-0.3, -0.25) is 4.79 Å². The number of ether oxygens (including phenoxy) is 2. The van der Waals surface area contributed by atoms with E-state index in [1.807, 2.05) is 0 Å². The molecule has 2 saturated carbocycles. The molecule has 1 heterocycles. The lowest BCUT2D eigenvalue weighted by atomic mass is 9.73. The van der Waals surface area contributed by atoms with Crippen LogP contribution in [0, 0.1) is 29.4 Å². The van der Waals surface area contributed by atoms with Crippen LogP contribution < -0.4 is 9.47 Å². The molecule has 0 saturated heterocycles. The highest BCUT2D eigenvalue weighted by atomic mass is 19.4. The molecule has 216 valence electrons. The van der Waals surface area contributed by atoms with Crippen LogP contribution in [0.4, 0.5) is 22.0 Å². The summed E-state index contributed by atoms with van der Waals surface area (Å²) in [6.45, 7) is 1.43. The summed E-state index contributed by atoms with van der Waals surface area (Å²) in [7, 11) is 0. The molecule has 2 fully saturated rings. The van der Waals surface area contributed by atoms with Gasteiger partial charge in [0.2, 0.25) is 5.88 Å². The molecular weight excluding hydrogens is 549 g/mol. The van der Waals surface area contributed by atoms with Gasteiger partial charge in [0.05, 0.1) is 23.7 Å². The third kappa shape index (κ3) is 5.23. The Morgan fingerprint density at radius 1 is 1.10 bits per heavy atom. The number of alkyl halides is 3. The van der Waals surface area contributed by atoms with Crippen molar-refractivity contribution in [3.63, 3.8) is 0 Å². The minimum atomic E-state index is -4.90. The summed E-state index contributed by atoms with van der Waals surface area (Å²) in [6.07, 6.45) is -1.79. The second-order valence-electron chi connectivity index (χ2n) is 11.5. The van der Waals surface area contributed by atoms with E-state index in [0.717, 1.165) is 23.3 Å². The molecule has 3 aliphatic carbocycles. The topological polar surface area (TPSA) is 88.9 Å². The van der Waals surface area contributed by atoms with Crippen LogP contribution in [-0.2, 0) is 24.0 Å². The molecule has 0 radical (unpaired) electrons. The Hall–Kier alpha value is -3.73. The number of benzene rings is 2. The van der Waals surface area contributed by atoms with Gasteiger partial charge in [0.15, 0.2) is 11.6 Å². The van der Waals surface area contributed by atoms with Crippen molar-refractivity contribution in [3.8, 4) is 22.8 Å². The van der Waals surface area contributed by atoms with Gasteiger partial charge in [0.1, 0.15) is 12.4 Å². The first-order valence-electron chi connectivity index (χ1n) is 13.2. The number of fused-ring (bicyclic) bond motifs is 3. The average Bonchev–Trinajstić information content (AvgIpc) is 3.47. The third-order valence-electron chi connectivity index (χ3n) is 8.31. The number of aromatic nitrogens is 1. The number of aliphatic hydroxyl groups is 1. The van der Waals surface area contributed by atoms with E-state index in [2.05, 4.69) is 4.98 Å². The summed E-state index contributed by atoms with van der Waals surface area (Å²) in [5.41, 5.74) is -1.01. The molecule has 0 aliphatic heterocycles. The van der Waals surface area contributed by atoms with E-state index in [9.17, 15) is 37.0 Å². The van der Waals surface area contributed by atoms with Crippen LogP contribution in [0.5, 0.6) is 11.6 Å². The molecular formula is C30H26F5NO5. The third-order valence-corrected chi connectivity index (χ3v) is 8.31. The number of pyridine rings is 1. The molecule has 41 heavy (non-hydrogen) atoms. The van der Waals surface area contributed by atoms with Crippen molar-refractivity contribution >= 4 is 5.97 Å². The van der Waals surface area contributed by atoms with E-state index < -0.39 is 53.0 Å². The van der Waals surface area contributed by atoms with E-state index >= 15 is 0 Å². The Bertz CT molecular complexity index is 1530. The van der Waals surface area contributed by atoms with Gasteiger partial charge in [0, 0.05) is 23.7 Å². The monoisotopic (exact) mass is 575 g/mol. The summed E-state index contributed by atoms with van der Waals surface area (Å²) in [5, 5.41) is 19.1. The Labute approximate surface area is 231 Å². The van der Waals surface area contributed by atoms with Crippen molar-refractivity contribution in [2.24, 2.45) is 17.8 Å². The molecule has 2 N–H and O–H groups in total. The molecule has 3 aliphatic rings. The molecule has 3 atom stereocenters. The first-order valence-corrected chi connectivity index (χ1v) is 13.2. The molecule has 3 aromatic rings. The van der Waals surface area contributed by atoms with Crippen LogP contribution >= 0.6 is 0 Å². The normalized spacial score (nSPS) is 26.1. The second-order valence-corrected chi connectivity index (χ2v) is 11.5. The van der Waals surface area contributed by atoms with Crippen LogP contribution in [0.15, 0.2) is 42.6 Å². The minimum Gasteiger partial charge on any atom is -0.490 e. The Morgan fingerprint density at radius 3 is 2.51 bits per heavy atom. The summed E-state index contributed by atoms with van der Waals surface area (Å²) < 4.78 is 82.3. The summed E-state index contributed by atoms with van der Waals surface area (Å²) in [4.78, 5) is 15.5. The Kier molecular flexibility index (Phi) is 6.48. The smallest absolute Gasteiger partial charge is 0.417 e. The second kappa shape index (κ2) is 9.68. The van der Waals surface area contributed by atoms with Gasteiger partial charge >= 0.3 is 12.1 Å². The van der Waals surface area contributed by atoms with Gasteiger partial charge in [-0.1, -0.05) is 6.07 Å². The zero-order valence-electron chi connectivity index (χ0n) is 21.8. The number of rotatable bonds is 8. The van der Waals surface area contributed by atoms with E-state index in [4.69, 9.17) is 9.47 Å². The molecule has 0 bridgehead atoms. The first-order chi connectivity index (χ1) is 19.3. The SMILES string of the molecule is C[C@]1(O)C[C@@H](COc2ccc(-c3cc(COc4cc5c(cn4)[C@H]4[C@@H](C5)[C@@H]4C(=O)O)c(F)cc3C(F)(F)F)cc2F)C1. The number of hydrogen-bond acceptors (Lipinski definition) is 5. The zero-order chi connectivity index (χ0) is 29.3. The standard InChI is InChI=1S/C30H26F5NO5/c1-29(39)9-14(10-29)12-40-24-3-2-15(6-23(24)32)18-5-17(22(31)8-21(18)30(33,34)35)13-41-25-7-16-4-19-26(20(16)11-36-25)27(19)28(37)38/h2-3,5-8,11,14,19,26-27,39H,4,9-10,12-13H2,1H3,(H,37,38)/t14-,19-,26-,27+,29+/m1/s1. The van der Waals surface area contributed by atoms with Gasteiger partial charge < -0.3 is 19.7 Å². The Balaban J connectivity index is 1.20. The van der Waals surface area contributed by atoms with Crippen LogP contribution in [-0.4, -0.2) is 33.4 Å². The number of halogens is 5. The van der Waals surface area contributed by atoms with E-state index in [1.54, 1.807) is 13.0 Å². The maximum absolute atomic E-state index is 14.9. The molecule has 11 heteroatoms. The summed E-state index contributed by atoms with van der Waals surface area (Å²) in [5.74, 6) is -3.27. The fraction of sp³-hybridized carbons (Fsp3) is 0.400. The number of carboxylic acids is 1. The fourth-order valence-corrected chi connectivity index (χ4v) is 6.33. The largest absolute Gasteiger partial charge is 0.490 e. The van der Waals surface area contributed by atoms with Crippen LogP contribution in [0.2, 0.25) is 0 Å². The van der Waals surface area contributed by atoms with Crippen molar-refractivity contribution in [1.82, 2.24) is 4.98 Å². The molecule has 6 rings (SSSR count). The van der Waals surface area contributed by atoms with Crippen molar-refractivity contribution < 1.29 is 46.4 Å². The molecule has 0 amide bonds. The van der Waals surface area contributed by atoms with Gasteiger partial charge in [-0.25, -0.2) is 13.8 Å². The van der Waals surface area contributed by atoms with E-state index in [1.165, 1.54) is 18.3 Å². The molecule has 0 unspecified atom stereocenters. The lowest BCUT2D eigenvalue weighted by Crippen LogP contribution is -2.43. The highest BCUT2D eigenvalue weighted by molar-refractivity contribution is 5.77. The quantitative estimate of drug-likeness (QED) is 0.314. The molecule has 0 spiro atoms. The first kappa shape index (κ1) is 27.4. The van der Waals surface area contributed by atoms with Crippen LogP contribution in [0.1, 0.15) is 47.9 Å². The van der Waals surface area contributed by atoms with E-state index in [0.29, 0.717) is 25.3 Å². The van der Waals surface area contributed by atoms with Crippen molar-refractivity contribution in [1.29, 1.82) is 0 Å². The number of carbonyl (C=O) groups is 1. The van der Waals surface area contributed by atoms with Crippen molar-refractivity contribution in [3.05, 3.63) is 76.5 Å². The predicted molar refractivity (Wildman–Crippen MR) is 135 cm³/mol. The molecule has 2 aromatic carbocycles. The maximum Gasteiger partial charge on any atom is 0.417 e. The van der Waals surface area contributed by atoms with Gasteiger partial charge in [-0.2, -0.15) is 13.2 Å². The van der Waals surface area contributed by atoms with Gasteiger partial charge in [0.25, 0.3) is 0 Å². The van der Waals surface area contributed by atoms with Crippen molar-refractivity contribution in [2.45, 2.75) is 50.5 Å². The van der Waals surface area contributed by atoms with Crippen LogP contribution in [0.3, 0.4) is 0 Å². The molecule has 6 nitrogen and oxygen atoms in total. The lowest BCUT2D eigenvalue weighted by Gasteiger charge is -2.40. The van der Waals surface area contributed by atoms with Gasteiger partial charge in [-0.15, -0.1) is 0 Å². The Morgan fingerprint density at radius 2 is 1.85 bits per heavy atom. The number of carboxylic acid groups (broad SMARTS) is 1. The van der Waals surface area contributed by atoms with Gasteiger partial charge in [-0.05, 0) is 84.5 Å². The van der Waals surface area contributed by atoms with Crippen molar-refractivity contribution in [2.75, 3.05) is 6.61 Å².